The Balaban J connectivity index is 1.55. The highest BCUT2D eigenvalue weighted by molar-refractivity contribution is 5.47. The van der Waals surface area contributed by atoms with Crippen LogP contribution in [0.25, 0.3) is 0 Å². The van der Waals surface area contributed by atoms with Crippen molar-refractivity contribution in [1.82, 2.24) is 30.0 Å². The maximum absolute atomic E-state index is 5.28. The lowest BCUT2D eigenvalue weighted by Crippen LogP contribution is -2.52. The van der Waals surface area contributed by atoms with Crippen molar-refractivity contribution >= 4 is 5.69 Å². The Morgan fingerprint density at radius 1 is 1.03 bits per heavy atom. The number of benzene rings is 1. The van der Waals surface area contributed by atoms with Gasteiger partial charge in [-0.3, -0.25) is 9.80 Å². The molecular formula is C23H37N7O. The number of nitrogens with zero attached hydrogens (tertiary/aromatic N) is 7. The number of piperazine rings is 1. The average molecular weight is 428 g/mol. The zero-order valence-corrected chi connectivity index (χ0v) is 19.3. The van der Waals surface area contributed by atoms with E-state index in [9.17, 15) is 0 Å². The van der Waals surface area contributed by atoms with E-state index in [1.165, 1.54) is 43.4 Å². The lowest BCUT2D eigenvalue weighted by atomic mass is 9.93. The predicted molar refractivity (Wildman–Crippen MR) is 122 cm³/mol. The fraction of sp³-hybridized carbons (Fsp3) is 0.696. The lowest BCUT2D eigenvalue weighted by Gasteiger charge is -2.43. The van der Waals surface area contributed by atoms with Crippen LogP contribution in [0.4, 0.5) is 5.69 Å². The molecule has 0 spiro atoms. The molecule has 1 atom stereocenters. The summed E-state index contributed by atoms with van der Waals surface area (Å²) in [6.07, 6.45) is 6.92. The molecule has 0 radical (unpaired) electrons. The van der Waals surface area contributed by atoms with Crippen LogP contribution in [0.5, 0.6) is 0 Å². The summed E-state index contributed by atoms with van der Waals surface area (Å²) in [4.78, 5) is 7.40. The summed E-state index contributed by atoms with van der Waals surface area (Å²) in [6.45, 7) is 5.57. The third-order valence-electron chi connectivity index (χ3n) is 6.84. The summed E-state index contributed by atoms with van der Waals surface area (Å²) in [6, 6.07) is 9.65. The van der Waals surface area contributed by atoms with E-state index in [2.05, 4.69) is 68.6 Å². The highest BCUT2D eigenvalue weighted by atomic mass is 16.5. The van der Waals surface area contributed by atoms with E-state index in [0.717, 1.165) is 38.0 Å². The molecule has 1 aromatic carbocycles. The molecule has 0 N–H and O–H groups in total. The first kappa shape index (κ1) is 22.2. The second kappa shape index (κ2) is 10.5. The van der Waals surface area contributed by atoms with Gasteiger partial charge in [-0.1, -0.05) is 31.4 Å². The van der Waals surface area contributed by atoms with Gasteiger partial charge < -0.3 is 9.64 Å². The minimum atomic E-state index is 0.0524. The van der Waals surface area contributed by atoms with Gasteiger partial charge in [0, 0.05) is 59.1 Å². The SMILES string of the molecule is COCCn1nnnc1C(c1ccc(N(C)C)cc1)N1CCN(C2CCCCC2)CC1. The molecule has 1 saturated carbocycles. The molecule has 31 heavy (non-hydrogen) atoms. The molecule has 1 aliphatic heterocycles. The first-order chi connectivity index (χ1) is 15.2. The molecule has 1 saturated heterocycles. The zero-order valence-electron chi connectivity index (χ0n) is 19.3. The van der Waals surface area contributed by atoms with Crippen LogP contribution >= 0.6 is 0 Å². The number of tetrazole rings is 1. The van der Waals surface area contributed by atoms with Crippen molar-refractivity contribution in [3.63, 3.8) is 0 Å². The van der Waals surface area contributed by atoms with Crippen molar-refractivity contribution in [2.45, 2.75) is 50.7 Å². The molecule has 8 nitrogen and oxygen atoms in total. The predicted octanol–water partition coefficient (Wildman–Crippen LogP) is 2.43. The third kappa shape index (κ3) is 5.25. The Morgan fingerprint density at radius 2 is 1.74 bits per heavy atom. The fourth-order valence-corrected chi connectivity index (χ4v) is 5.03. The maximum Gasteiger partial charge on any atom is 0.173 e. The van der Waals surface area contributed by atoms with Crippen molar-refractivity contribution < 1.29 is 4.74 Å². The standard InChI is InChI=1S/C23H37N7O/c1-27(2)20-11-9-19(10-12-20)22(23-24-25-26-30(23)17-18-31-3)29-15-13-28(14-16-29)21-7-5-4-6-8-21/h9-12,21-22H,4-8,13-18H2,1-3H3. The second-order valence-electron chi connectivity index (χ2n) is 9.01. The van der Waals surface area contributed by atoms with Gasteiger partial charge in [-0.15, -0.1) is 5.10 Å². The van der Waals surface area contributed by atoms with Gasteiger partial charge in [0.1, 0.15) is 0 Å². The van der Waals surface area contributed by atoms with Gasteiger partial charge in [-0.05, 0) is 41.0 Å². The number of ether oxygens (including phenoxy) is 1. The van der Waals surface area contributed by atoms with Crippen molar-refractivity contribution in [3.8, 4) is 0 Å². The van der Waals surface area contributed by atoms with Crippen LogP contribution in [0, 0.1) is 0 Å². The molecule has 4 rings (SSSR count). The van der Waals surface area contributed by atoms with Crippen LogP contribution in [0.15, 0.2) is 24.3 Å². The van der Waals surface area contributed by atoms with E-state index >= 15 is 0 Å². The summed E-state index contributed by atoms with van der Waals surface area (Å²) in [5.41, 5.74) is 2.44. The van der Waals surface area contributed by atoms with Crippen LogP contribution in [-0.2, 0) is 11.3 Å². The van der Waals surface area contributed by atoms with Gasteiger partial charge in [0.2, 0.25) is 0 Å². The third-order valence-corrected chi connectivity index (χ3v) is 6.84. The van der Waals surface area contributed by atoms with Gasteiger partial charge in [0.25, 0.3) is 0 Å². The summed E-state index contributed by atoms with van der Waals surface area (Å²) in [5.74, 6) is 0.903. The molecule has 0 bridgehead atoms. The molecule has 0 amide bonds. The Kier molecular flexibility index (Phi) is 7.53. The molecular weight excluding hydrogens is 390 g/mol. The molecule has 2 heterocycles. The molecule has 170 valence electrons. The van der Waals surface area contributed by atoms with Gasteiger partial charge in [-0.25, -0.2) is 4.68 Å². The monoisotopic (exact) mass is 427 g/mol. The van der Waals surface area contributed by atoms with Gasteiger partial charge in [0.15, 0.2) is 5.82 Å². The number of rotatable bonds is 8. The number of anilines is 1. The molecule has 1 aromatic heterocycles. The topological polar surface area (TPSA) is 62.6 Å². The minimum absolute atomic E-state index is 0.0524. The minimum Gasteiger partial charge on any atom is -0.383 e. The van der Waals surface area contributed by atoms with E-state index in [1.54, 1.807) is 7.11 Å². The number of aromatic nitrogens is 4. The molecule has 1 unspecified atom stereocenters. The second-order valence-corrected chi connectivity index (χ2v) is 9.01. The molecule has 2 aliphatic rings. The van der Waals surface area contributed by atoms with E-state index < -0.39 is 0 Å². The average Bonchev–Trinajstić information content (AvgIpc) is 3.27. The molecule has 2 aromatic rings. The van der Waals surface area contributed by atoms with Crippen LogP contribution in [0.2, 0.25) is 0 Å². The summed E-state index contributed by atoms with van der Waals surface area (Å²) >= 11 is 0. The maximum atomic E-state index is 5.28. The Morgan fingerprint density at radius 3 is 2.39 bits per heavy atom. The normalized spacial score (nSPS) is 20.1. The van der Waals surface area contributed by atoms with E-state index in [-0.39, 0.29) is 6.04 Å². The Hall–Kier alpha value is -2.03. The van der Waals surface area contributed by atoms with Crippen molar-refractivity contribution in [2.75, 3.05) is 58.9 Å². The quantitative estimate of drug-likeness (QED) is 0.641. The summed E-state index contributed by atoms with van der Waals surface area (Å²) < 4.78 is 7.19. The number of methoxy groups -OCH3 is 1. The Labute approximate surface area is 186 Å². The first-order valence-corrected chi connectivity index (χ1v) is 11.7. The first-order valence-electron chi connectivity index (χ1n) is 11.7. The van der Waals surface area contributed by atoms with Crippen molar-refractivity contribution in [3.05, 3.63) is 35.7 Å². The van der Waals surface area contributed by atoms with Crippen LogP contribution in [-0.4, -0.2) is 90.0 Å². The lowest BCUT2D eigenvalue weighted by molar-refractivity contribution is 0.0615. The van der Waals surface area contributed by atoms with Crippen LogP contribution in [0.3, 0.4) is 0 Å². The van der Waals surface area contributed by atoms with Crippen molar-refractivity contribution in [2.24, 2.45) is 0 Å². The van der Waals surface area contributed by atoms with Gasteiger partial charge in [-0.2, -0.15) is 0 Å². The van der Waals surface area contributed by atoms with Gasteiger partial charge >= 0.3 is 0 Å². The highest BCUT2D eigenvalue weighted by Crippen LogP contribution is 2.31. The summed E-state index contributed by atoms with van der Waals surface area (Å²) in [7, 11) is 5.86. The smallest absolute Gasteiger partial charge is 0.173 e. The van der Waals surface area contributed by atoms with E-state index in [4.69, 9.17) is 4.74 Å². The Bertz CT molecular complexity index is 793. The molecule has 2 fully saturated rings. The number of hydrogen-bond donors (Lipinski definition) is 0. The zero-order chi connectivity index (χ0) is 21.6. The summed E-state index contributed by atoms with van der Waals surface area (Å²) in [5, 5.41) is 12.7. The highest BCUT2D eigenvalue weighted by Gasteiger charge is 2.32. The molecule has 1 aliphatic carbocycles. The van der Waals surface area contributed by atoms with E-state index in [1.807, 2.05) is 4.68 Å². The van der Waals surface area contributed by atoms with Crippen LogP contribution < -0.4 is 4.90 Å². The van der Waals surface area contributed by atoms with Crippen molar-refractivity contribution in [1.29, 1.82) is 0 Å². The largest absolute Gasteiger partial charge is 0.383 e. The van der Waals surface area contributed by atoms with E-state index in [0.29, 0.717) is 13.2 Å². The fourth-order valence-electron chi connectivity index (χ4n) is 5.03. The van der Waals surface area contributed by atoms with Crippen LogP contribution in [0.1, 0.15) is 49.5 Å². The number of hydrogen-bond acceptors (Lipinski definition) is 7. The molecule has 8 heteroatoms. The van der Waals surface area contributed by atoms with Gasteiger partial charge in [0.05, 0.1) is 19.2 Å².